The molecule has 0 fully saturated rings. The molecule has 26 heavy (non-hydrogen) atoms. The first kappa shape index (κ1) is 19.2. The molecule has 0 aliphatic carbocycles. The van der Waals surface area contributed by atoms with E-state index >= 15 is 0 Å². The van der Waals surface area contributed by atoms with Crippen LogP contribution in [0, 0.1) is 0 Å². The van der Waals surface area contributed by atoms with Crippen LogP contribution in [0.2, 0.25) is 0 Å². The van der Waals surface area contributed by atoms with Gasteiger partial charge in [-0.2, -0.15) is 0 Å². The molecule has 0 unspecified atom stereocenters. The summed E-state index contributed by atoms with van der Waals surface area (Å²) in [5.74, 6) is 1.11. The topological polar surface area (TPSA) is 76.1 Å². The van der Waals surface area contributed by atoms with Crippen LogP contribution in [0.25, 0.3) is 10.9 Å². The maximum atomic E-state index is 11.4. The average Bonchev–Trinajstić information content (AvgIpc) is 2.65. The summed E-state index contributed by atoms with van der Waals surface area (Å²) in [6, 6.07) is 13.4. The highest BCUT2D eigenvalue weighted by Gasteiger charge is 2.12. The fourth-order valence-corrected chi connectivity index (χ4v) is 2.40. The molecule has 0 aliphatic heterocycles. The van der Waals surface area contributed by atoms with Crippen LogP contribution in [0.5, 0.6) is 5.75 Å². The number of benzene rings is 2. The Kier molecular flexibility index (Phi) is 6.91. The molecule has 0 bridgehead atoms. The van der Waals surface area contributed by atoms with Crippen LogP contribution in [-0.2, 0) is 4.79 Å². The van der Waals surface area contributed by atoms with Crippen LogP contribution in [-0.4, -0.2) is 22.5 Å². The number of hydrogen-bond acceptors (Lipinski definition) is 5. The van der Waals surface area contributed by atoms with Gasteiger partial charge < -0.3 is 15.4 Å². The van der Waals surface area contributed by atoms with E-state index < -0.39 is 0 Å². The summed E-state index contributed by atoms with van der Waals surface area (Å²) in [7, 11) is 0. The number of hydrogen-bond donors (Lipinski definition) is 2. The molecule has 6 nitrogen and oxygen atoms in total. The summed E-state index contributed by atoms with van der Waals surface area (Å²) < 4.78 is 5.65. The van der Waals surface area contributed by atoms with Crippen molar-refractivity contribution in [3.63, 3.8) is 0 Å². The zero-order valence-electron chi connectivity index (χ0n) is 15.5. The molecule has 2 N–H and O–H groups in total. The Morgan fingerprint density at radius 2 is 1.85 bits per heavy atom. The van der Waals surface area contributed by atoms with Gasteiger partial charge in [-0.1, -0.05) is 32.0 Å². The van der Waals surface area contributed by atoms with Crippen LogP contribution in [0.1, 0.15) is 27.7 Å². The number of rotatable bonds is 5. The standard InChI is InChI=1S/C18H18N4O2.C2H6/c1-3-24-17-9-14-15(10-16(17)21-12(2)23)19-11-20-18(14)22-13-7-5-4-6-8-13;1-2/h4-11H,3H2,1-2H3,(H,21,23)(H,19,20,22);1-2H3. The number of para-hydroxylation sites is 1. The molecule has 6 heteroatoms. The summed E-state index contributed by atoms with van der Waals surface area (Å²) >= 11 is 0. The number of ether oxygens (including phenoxy) is 1. The van der Waals surface area contributed by atoms with E-state index in [1.54, 1.807) is 6.07 Å². The van der Waals surface area contributed by atoms with Gasteiger partial charge in [0.25, 0.3) is 0 Å². The molecule has 3 rings (SSSR count). The number of carbonyl (C=O) groups excluding carboxylic acids is 1. The van der Waals surface area contributed by atoms with Crippen molar-refractivity contribution in [2.24, 2.45) is 0 Å². The van der Waals surface area contributed by atoms with Crippen LogP contribution in [0.4, 0.5) is 17.2 Å². The normalized spacial score (nSPS) is 9.85. The van der Waals surface area contributed by atoms with E-state index in [9.17, 15) is 4.79 Å². The molecule has 1 aromatic heterocycles. The second-order valence-electron chi connectivity index (χ2n) is 5.19. The van der Waals surface area contributed by atoms with E-state index in [2.05, 4.69) is 20.6 Å². The summed E-state index contributed by atoms with van der Waals surface area (Å²) in [6.07, 6.45) is 1.49. The second kappa shape index (κ2) is 9.36. The van der Waals surface area contributed by atoms with Gasteiger partial charge in [0.15, 0.2) is 0 Å². The SMILES string of the molecule is CC.CCOc1cc2c(Nc3ccccc3)ncnc2cc1NC(C)=O. The van der Waals surface area contributed by atoms with Gasteiger partial charge in [0.2, 0.25) is 5.91 Å². The maximum Gasteiger partial charge on any atom is 0.221 e. The fourth-order valence-electron chi connectivity index (χ4n) is 2.40. The van der Waals surface area contributed by atoms with Gasteiger partial charge in [0.1, 0.15) is 17.9 Å². The summed E-state index contributed by atoms with van der Waals surface area (Å²) in [5.41, 5.74) is 2.25. The summed E-state index contributed by atoms with van der Waals surface area (Å²) in [4.78, 5) is 20.0. The van der Waals surface area contributed by atoms with E-state index in [1.807, 2.05) is 57.2 Å². The molecule has 1 amide bonds. The summed E-state index contributed by atoms with van der Waals surface area (Å²) in [5, 5.41) is 6.88. The Morgan fingerprint density at radius 3 is 2.50 bits per heavy atom. The zero-order chi connectivity index (χ0) is 18.9. The van der Waals surface area contributed by atoms with Gasteiger partial charge in [-0.15, -0.1) is 0 Å². The smallest absolute Gasteiger partial charge is 0.221 e. The van der Waals surface area contributed by atoms with Crippen molar-refractivity contribution < 1.29 is 9.53 Å². The van der Waals surface area contributed by atoms with Gasteiger partial charge in [0.05, 0.1) is 17.8 Å². The number of aromatic nitrogens is 2. The molecule has 136 valence electrons. The molecule has 0 saturated heterocycles. The molecule has 0 spiro atoms. The van der Waals surface area contributed by atoms with E-state index in [-0.39, 0.29) is 5.91 Å². The monoisotopic (exact) mass is 352 g/mol. The maximum absolute atomic E-state index is 11.4. The van der Waals surface area contributed by atoms with Crippen LogP contribution < -0.4 is 15.4 Å². The lowest BCUT2D eigenvalue weighted by Gasteiger charge is -2.14. The first-order valence-corrected chi connectivity index (χ1v) is 8.68. The predicted molar refractivity (Wildman–Crippen MR) is 106 cm³/mol. The molecular formula is C20H24N4O2. The Morgan fingerprint density at radius 1 is 1.12 bits per heavy atom. The molecule has 3 aromatic rings. The van der Waals surface area contributed by atoms with Crippen LogP contribution >= 0.6 is 0 Å². The minimum atomic E-state index is -0.160. The minimum absolute atomic E-state index is 0.160. The second-order valence-corrected chi connectivity index (χ2v) is 5.19. The van der Waals surface area contributed by atoms with Gasteiger partial charge in [-0.05, 0) is 31.2 Å². The van der Waals surface area contributed by atoms with Crippen molar-refractivity contribution in [2.45, 2.75) is 27.7 Å². The zero-order valence-corrected chi connectivity index (χ0v) is 15.5. The third-order valence-corrected chi connectivity index (χ3v) is 3.38. The Bertz CT molecular complexity index is 866. The van der Waals surface area contributed by atoms with E-state index in [0.717, 1.165) is 16.6 Å². The van der Waals surface area contributed by atoms with Crippen molar-refractivity contribution in [1.82, 2.24) is 9.97 Å². The van der Waals surface area contributed by atoms with Crippen molar-refractivity contribution in [3.8, 4) is 5.75 Å². The predicted octanol–water partition coefficient (Wildman–Crippen LogP) is 4.76. The Balaban J connectivity index is 0.00000117. The number of carbonyl (C=O) groups is 1. The first-order chi connectivity index (χ1) is 12.7. The number of nitrogens with one attached hydrogen (secondary N) is 2. The number of amides is 1. The van der Waals surface area contributed by atoms with Gasteiger partial charge in [0, 0.05) is 18.0 Å². The molecule has 0 atom stereocenters. The lowest BCUT2D eigenvalue weighted by molar-refractivity contribution is -0.114. The molecule has 1 heterocycles. The van der Waals surface area contributed by atoms with Gasteiger partial charge in [-0.25, -0.2) is 9.97 Å². The highest BCUT2D eigenvalue weighted by atomic mass is 16.5. The molecule has 0 saturated carbocycles. The van der Waals surface area contributed by atoms with Crippen LogP contribution in [0.15, 0.2) is 48.8 Å². The van der Waals surface area contributed by atoms with E-state index in [1.165, 1.54) is 13.3 Å². The number of anilines is 3. The van der Waals surface area contributed by atoms with Gasteiger partial charge in [-0.3, -0.25) is 4.79 Å². The van der Waals surface area contributed by atoms with E-state index in [4.69, 9.17) is 4.74 Å². The third-order valence-electron chi connectivity index (χ3n) is 3.38. The van der Waals surface area contributed by atoms with Crippen molar-refractivity contribution >= 4 is 34.0 Å². The van der Waals surface area contributed by atoms with Crippen LogP contribution in [0.3, 0.4) is 0 Å². The van der Waals surface area contributed by atoms with Crippen molar-refractivity contribution in [2.75, 3.05) is 17.2 Å². The first-order valence-electron chi connectivity index (χ1n) is 8.68. The van der Waals surface area contributed by atoms with Gasteiger partial charge >= 0.3 is 0 Å². The van der Waals surface area contributed by atoms with Crippen molar-refractivity contribution in [1.29, 1.82) is 0 Å². The highest BCUT2D eigenvalue weighted by Crippen LogP contribution is 2.33. The Labute approximate surface area is 153 Å². The van der Waals surface area contributed by atoms with E-state index in [0.29, 0.717) is 23.9 Å². The van der Waals surface area contributed by atoms with Crippen molar-refractivity contribution in [3.05, 3.63) is 48.8 Å². The fraction of sp³-hybridized carbons (Fsp3) is 0.250. The Hall–Kier alpha value is -3.15. The molecular weight excluding hydrogens is 328 g/mol. The number of nitrogens with zero attached hydrogens (tertiary/aromatic N) is 2. The quantitative estimate of drug-likeness (QED) is 0.692. The lowest BCUT2D eigenvalue weighted by Crippen LogP contribution is -2.08. The minimum Gasteiger partial charge on any atom is -0.492 e. The highest BCUT2D eigenvalue weighted by molar-refractivity contribution is 5.98. The molecule has 0 aliphatic rings. The third kappa shape index (κ3) is 4.69. The molecule has 0 radical (unpaired) electrons. The number of fused-ring (bicyclic) bond motifs is 1. The summed E-state index contributed by atoms with van der Waals surface area (Å²) in [6.45, 7) is 7.85. The lowest BCUT2D eigenvalue weighted by atomic mass is 10.2. The average molecular weight is 352 g/mol. The molecule has 2 aromatic carbocycles. The largest absolute Gasteiger partial charge is 0.492 e.